The van der Waals surface area contributed by atoms with Crippen LogP contribution in [0.15, 0.2) is 45.3 Å². The molecule has 7 nitrogen and oxygen atoms in total. The molecule has 0 saturated carbocycles. The van der Waals surface area contributed by atoms with Gasteiger partial charge in [0, 0.05) is 12.4 Å². The third-order valence-electron chi connectivity index (χ3n) is 2.59. The molecule has 0 fully saturated rings. The summed E-state index contributed by atoms with van der Waals surface area (Å²) in [6, 6.07) is 3.57. The van der Waals surface area contributed by atoms with Gasteiger partial charge in [-0.25, -0.2) is 0 Å². The van der Waals surface area contributed by atoms with Crippen molar-refractivity contribution < 1.29 is 4.52 Å². The summed E-state index contributed by atoms with van der Waals surface area (Å²) in [6.45, 7) is 1.69. The second-order valence-electron chi connectivity index (χ2n) is 3.87. The molecule has 0 radical (unpaired) electrons. The zero-order chi connectivity index (χ0) is 13.2. The maximum atomic E-state index is 12.1. The van der Waals surface area contributed by atoms with Gasteiger partial charge in [-0.15, -0.1) is 0 Å². The lowest BCUT2D eigenvalue weighted by molar-refractivity contribution is 0.442. The van der Waals surface area contributed by atoms with Gasteiger partial charge in [0.25, 0.3) is 11.3 Å². The van der Waals surface area contributed by atoms with E-state index in [0.717, 1.165) is 10.2 Å². The normalized spacial score (nSPS) is 11.4. The molecular formula is C12H9N5O2. The third kappa shape index (κ3) is 2.01. The highest BCUT2D eigenvalue weighted by atomic mass is 16.5. The van der Waals surface area contributed by atoms with Gasteiger partial charge in [0.15, 0.2) is 0 Å². The Hall–Kier alpha value is -2.83. The number of aromatic nitrogens is 4. The Bertz CT molecular complexity index is 804. The van der Waals surface area contributed by atoms with Crippen LogP contribution >= 0.6 is 0 Å². The summed E-state index contributed by atoms with van der Waals surface area (Å²) in [5, 5.41) is 8.11. The van der Waals surface area contributed by atoms with Crippen LogP contribution < -0.4 is 5.56 Å². The van der Waals surface area contributed by atoms with Crippen LogP contribution in [0.5, 0.6) is 0 Å². The molecule has 0 aliphatic carbocycles. The van der Waals surface area contributed by atoms with Crippen molar-refractivity contribution in [1.82, 2.24) is 19.8 Å². The Balaban J connectivity index is 2.07. The van der Waals surface area contributed by atoms with Gasteiger partial charge in [-0.3, -0.25) is 9.78 Å². The first kappa shape index (κ1) is 11.3. The molecule has 94 valence electrons. The first-order chi connectivity index (χ1) is 9.25. The Kier molecular flexibility index (Phi) is 2.64. The molecule has 19 heavy (non-hydrogen) atoms. The molecule has 3 rings (SSSR count). The maximum Gasteiger partial charge on any atom is 0.287 e. The zero-order valence-electron chi connectivity index (χ0n) is 10.0. The molecule has 0 amide bonds. The van der Waals surface area contributed by atoms with Gasteiger partial charge in [-0.2, -0.15) is 14.8 Å². The molecule has 0 bridgehead atoms. The fraction of sp³-hybridized carbons (Fsp3) is 0.0833. The molecule has 0 saturated heterocycles. The van der Waals surface area contributed by atoms with Crippen molar-refractivity contribution in [3.63, 3.8) is 0 Å². The van der Waals surface area contributed by atoms with Crippen LogP contribution in [-0.4, -0.2) is 26.0 Å². The van der Waals surface area contributed by atoms with Crippen LogP contribution in [0.2, 0.25) is 0 Å². The van der Waals surface area contributed by atoms with Crippen molar-refractivity contribution in [2.75, 3.05) is 0 Å². The van der Waals surface area contributed by atoms with Gasteiger partial charge in [-0.05, 0) is 24.6 Å². The number of rotatable bonds is 2. The Morgan fingerprint density at radius 2 is 2.16 bits per heavy atom. The largest absolute Gasteiger partial charge is 0.335 e. The lowest BCUT2D eigenvalue weighted by atomic mass is 10.3. The van der Waals surface area contributed by atoms with Crippen LogP contribution in [0.3, 0.4) is 0 Å². The smallest absolute Gasteiger partial charge is 0.287 e. The number of hydrogen-bond acceptors (Lipinski definition) is 6. The van der Waals surface area contributed by atoms with E-state index < -0.39 is 0 Å². The van der Waals surface area contributed by atoms with E-state index >= 15 is 0 Å². The molecule has 0 spiro atoms. The zero-order valence-corrected chi connectivity index (χ0v) is 10.0. The lowest BCUT2D eigenvalue weighted by Gasteiger charge is -1.96. The van der Waals surface area contributed by atoms with Gasteiger partial charge in [0.2, 0.25) is 0 Å². The van der Waals surface area contributed by atoms with Crippen molar-refractivity contribution in [3.05, 3.63) is 52.5 Å². The summed E-state index contributed by atoms with van der Waals surface area (Å²) in [6.07, 6.45) is 6.15. The van der Waals surface area contributed by atoms with Crippen LogP contribution in [0.1, 0.15) is 11.3 Å². The van der Waals surface area contributed by atoms with Gasteiger partial charge in [0.1, 0.15) is 11.7 Å². The number of fused-ring (bicyclic) bond motifs is 1. The fourth-order valence-electron chi connectivity index (χ4n) is 1.63. The lowest BCUT2D eigenvalue weighted by Crippen LogP contribution is -2.17. The molecular weight excluding hydrogens is 246 g/mol. The van der Waals surface area contributed by atoms with Crippen LogP contribution in [-0.2, 0) is 0 Å². The second kappa shape index (κ2) is 4.45. The average Bonchev–Trinajstić information content (AvgIpc) is 2.82. The summed E-state index contributed by atoms with van der Waals surface area (Å²) in [4.78, 5) is 20.0. The van der Waals surface area contributed by atoms with E-state index in [4.69, 9.17) is 4.52 Å². The molecule has 7 heteroatoms. The van der Waals surface area contributed by atoms with E-state index in [0.29, 0.717) is 11.1 Å². The first-order valence-electron chi connectivity index (χ1n) is 5.54. The van der Waals surface area contributed by atoms with E-state index in [-0.39, 0.29) is 11.3 Å². The SMILES string of the molecule is Cc1noc2ncn(/N=C/c3ccncc3)c(=O)c12. The van der Waals surface area contributed by atoms with E-state index in [1.54, 1.807) is 37.7 Å². The van der Waals surface area contributed by atoms with E-state index in [1.165, 1.54) is 6.33 Å². The monoisotopic (exact) mass is 255 g/mol. The topological polar surface area (TPSA) is 86.2 Å². The number of aryl methyl sites for hydroxylation is 1. The summed E-state index contributed by atoms with van der Waals surface area (Å²) in [5.74, 6) is 0. The summed E-state index contributed by atoms with van der Waals surface area (Å²) in [7, 11) is 0. The van der Waals surface area contributed by atoms with E-state index in [9.17, 15) is 4.79 Å². The highest BCUT2D eigenvalue weighted by Gasteiger charge is 2.11. The minimum Gasteiger partial charge on any atom is -0.335 e. The Morgan fingerprint density at radius 3 is 2.95 bits per heavy atom. The molecule has 0 atom stereocenters. The van der Waals surface area contributed by atoms with Crippen LogP contribution in [0, 0.1) is 6.92 Å². The summed E-state index contributed by atoms with van der Waals surface area (Å²) >= 11 is 0. The Morgan fingerprint density at radius 1 is 1.37 bits per heavy atom. The molecule has 3 aromatic rings. The standard InChI is InChI=1S/C12H9N5O2/c1-8-10-11(19-16-8)14-7-17(12(10)18)15-6-9-2-4-13-5-3-9/h2-7H,1H3/b15-6+. The number of hydrogen-bond donors (Lipinski definition) is 0. The predicted octanol–water partition coefficient (Wildman–Crippen LogP) is 0.970. The average molecular weight is 255 g/mol. The molecule has 0 aliphatic heterocycles. The molecule has 0 aromatic carbocycles. The van der Waals surface area contributed by atoms with Crippen LogP contribution in [0.4, 0.5) is 0 Å². The molecule has 0 aliphatic rings. The maximum absolute atomic E-state index is 12.1. The highest BCUT2D eigenvalue weighted by molar-refractivity contribution is 5.79. The number of nitrogens with zero attached hydrogens (tertiary/aromatic N) is 5. The fourth-order valence-corrected chi connectivity index (χ4v) is 1.63. The highest BCUT2D eigenvalue weighted by Crippen LogP contribution is 2.09. The van der Waals surface area contributed by atoms with Gasteiger partial charge in [0.05, 0.1) is 11.9 Å². The van der Waals surface area contributed by atoms with Crippen molar-refractivity contribution in [1.29, 1.82) is 0 Å². The summed E-state index contributed by atoms with van der Waals surface area (Å²) in [5.41, 5.74) is 1.25. The van der Waals surface area contributed by atoms with E-state index in [2.05, 4.69) is 20.2 Å². The summed E-state index contributed by atoms with van der Waals surface area (Å²) < 4.78 is 6.06. The Labute approximate surface area is 107 Å². The van der Waals surface area contributed by atoms with Crippen molar-refractivity contribution >= 4 is 17.3 Å². The quantitative estimate of drug-likeness (QED) is 0.637. The predicted molar refractivity (Wildman–Crippen MR) is 68.0 cm³/mol. The van der Waals surface area contributed by atoms with Crippen molar-refractivity contribution in [3.8, 4) is 0 Å². The van der Waals surface area contributed by atoms with Crippen molar-refractivity contribution in [2.45, 2.75) is 6.92 Å². The van der Waals surface area contributed by atoms with Crippen LogP contribution in [0.25, 0.3) is 11.1 Å². The second-order valence-corrected chi connectivity index (χ2v) is 3.87. The number of pyridine rings is 1. The van der Waals surface area contributed by atoms with E-state index in [1.807, 2.05) is 0 Å². The molecule has 0 unspecified atom stereocenters. The molecule has 3 aromatic heterocycles. The molecule has 3 heterocycles. The first-order valence-corrected chi connectivity index (χ1v) is 5.54. The van der Waals surface area contributed by atoms with Gasteiger partial charge >= 0.3 is 0 Å². The third-order valence-corrected chi connectivity index (χ3v) is 2.59. The minimum absolute atomic E-state index is 0.220. The van der Waals surface area contributed by atoms with Crippen molar-refractivity contribution in [2.24, 2.45) is 5.10 Å². The van der Waals surface area contributed by atoms with Gasteiger partial charge in [-0.1, -0.05) is 5.16 Å². The van der Waals surface area contributed by atoms with Gasteiger partial charge < -0.3 is 4.52 Å². The minimum atomic E-state index is -0.311. The molecule has 0 N–H and O–H groups in total.